The number of hydrogen-bond donors (Lipinski definition) is 1. The molecular formula is C14H27NO3. The van der Waals surface area contributed by atoms with E-state index in [1.54, 1.807) is 7.11 Å². The number of carbonyl (C=O) groups is 1. The Morgan fingerprint density at radius 2 is 2.00 bits per heavy atom. The van der Waals surface area contributed by atoms with Crippen molar-refractivity contribution in [1.82, 2.24) is 5.32 Å². The summed E-state index contributed by atoms with van der Waals surface area (Å²) in [5, 5.41) is 3.35. The average Bonchev–Trinajstić information content (AvgIpc) is 2.40. The molecule has 0 bridgehead atoms. The number of nitrogens with one attached hydrogen (secondary N) is 1. The molecule has 1 rings (SSSR count). The highest BCUT2D eigenvalue weighted by atomic mass is 16.5. The number of ether oxygens (including phenoxy) is 2. The van der Waals surface area contributed by atoms with Crippen LogP contribution in [0.15, 0.2) is 0 Å². The minimum atomic E-state index is -0.475. The van der Waals surface area contributed by atoms with Crippen LogP contribution in [0.3, 0.4) is 0 Å². The molecule has 0 atom stereocenters. The molecule has 18 heavy (non-hydrogen) atoms. The van der Waals surface area contributed by atoms with Crippen LogP contribution in [0.2, 0.25) is 0 Å². The van der Waals surface area contributed by atoms with Gasteiger partial charge in [-0.05, 0) is 31.6 Å². The van der Waals surface area contributed by atoms with Crippen molar-refractivity contribution < 1.29 is 14.3 Å². The summed E-state index contributed by atoms with van der Waals surface area (Å²) >= 11 is 0. The number of esters is 1. The van der Waals surface area contributed by atoms with Gasteiger partial charge in [0.15, 0.2) is 0 Å². The van der Waals surface area contributed by atoms with Gasteiger partial charge >= 0.3 is 5.97 Å². The first-order valence-electron chi connectivity index (χ1n) is 7.01. The smallest absolute Gasteiger partial charge is 0.326 e. The van der Waals surface area contributed by atoms with E-state index in [2.05, 4.69) is 12.2 Å². The third kappa shape index (κ3) is 3.95. The summed E-state index contributed by atoms with van der Waals surface area (Å²) in [5.74, 6) is 0.658. The van der Waals surface area contributed by atoms with Gasteiger partial charge in [0.05, 0.1) is 13.7 Å². The molecule has 0 aliphatic heterocycles. The van der Waals surface area contributed by atoms with Crippen LogP contribution < -0.4 is 5.32 Å². The molecular weight excluding hydrogens is 230 g/mol. The fourth-order valence-electron chi connectivity index (χ4n) is 2.91. The van der Waals surface area contributed by atoms with Crippen molar-refractivity contribution in [3.05, 3.63) is 0 Å². The first-order valence-corrected chi connectivity index (χ1v) is 7.01. The summed E-state index contributed by atoms with van der Waals surface area (Å²) in [7, 11) is 3.14. The van der Waals surface area contributed by atoms with Gasteiger partial charge in [0, 0.05) is 13.7 Å². The fourth-order valence-corrected chi connectivity index (χ4v) is 2.91. The van der Waals surface area contributed by atoms with E-state index in [9.17, 15) is 4.79 Å². The van der Waals surface area contributed by atoms with Gasteiger partial charge in [-0.2, -0.15) is 0 Å². The van der Waals surface area contributed by atoms with Crippen LogP contribution >= 0.6 is 0 Å². The maximum atomic E-state index is 12.0. The van der Waals surface area contributed by atoms with Crippen molar-refractivity contribution >= 4 is 5.97 Å². The van der Waals surface area contributed by atoms with E-state index in [0.29, 0.717) is 13.2 Å². The molecule has 4 nitrogen and oxygen atoms in total. The second-order valence-electron chi connectivity index (χ2n) is 5.23. The maximum absolute atomic E-state index is 12.0. The van der Waals surface area contributed by atoms with Gasteiger partial charge in [0.1, 0.15) is 5.54 Å². The molecule has 106 valence electrons. The van der Waals surface area contributed by atoms with Crippen molar-refractivity contribution in [2.75, 3.05) is 27.4 Å². The maximum Gasteiger partial charge on any atom is 0.326 e. The molecule has 0 saturated heterocycles. The fraction of sp³-hybridized carbons (Fsp3) is 0.929. The van der Waals surface area contributed by atoms with Gasteiger partial charge in [-0.1, -0.05) is 19.8 Å². The number of methoxy groups -OCH3 is 2. The molecule has 0 radical (unpaired) electrons. The van der Waals surface area contributed by atoms with Crippen LogP contribution in [-0.4, -0.2) is 38.9 Å². The number of hydrogen-bond acceptors (Lipinski definition) is 4. The number of carbonyl (C=O) groups excluding carboxylic acids is 1. The number of rotatable bonds is 7. The predicted octanol–water partition coefficient (Wildman–Crippen LogP) is 2.12. The summed E-state index contributed by atoms with van der Waals surface area (Å²) in [6.45, 7) is 3.54. The molecule has 0 spiro atoms. The summed E-state index contributed by atoms with van der Waals surface area (Å²) < 4.78 is 10.0. The van der Waals surface area contributed by atoms with Gasteiger partial charge in [0.2, 0.25) is 0 Å². The largest absolute Gasteiger partial charge is 0.468 e. The lowest BCUT2D eigenvalue weighted by molar-refractivity contribution is -0.150. The first-order chi connectivity index (χ1) is 8.68. The van der Waals surface area contributed by atoms with Crippen LogP contribution in [-0.2, 0) is 14.3 Å². The molecule has 1 saturated carbocycles. The minimum absolute atomic E-state index is 0.117. The molecule has 0 aromatic rings. The Hall–Kier alpha value is -0.610. The van der Waals surface area contributed by atoms with Crippen LogP contribution in [0.1, 0.15) is 45.4 Å². The lowest BCUT2D eigenvalue weighted by Crippen LogP contribution is -2.55. The third-order valence-electron chi connectivity index (χ3n) is 4.00. The van der Waals surface area contributed by atoms with Crippen molar-refractivity contribution in [2.45, 2.75) is 51.0 Å². The van der Waals surface area contributed by atoms with E-state index < -0.39 is 5.54 Å². The third-order valence-corrected chi connectivity index (χ3v) is 4.00. The first kappa shape index (κ1) is 15.4. The van der Waals surface area contributed by atoms with E-state index in [1.165, 1.54) is 20.0 Å². The molecule has 0 heterocycles. The monoisotopic (exact) mass is 257 g/mol. The Morgan fingerprint density at radius 1 is 1.33 bits per heavy atom. The van der Waals surface area contributed by atoms with E-state index in [-0.39, 0.29) is 5.97 Å². The molecule has 0 aromatic heterocycles. The van der Waals surface area contributed by atoms with Gasteiger partial charge in [-0.25, -0.2) is 0 Å². The van der Waals surface area contributed by atoms with Crippen molar-refractivity contribution in [1.29, 1.82) is 0 Å². The zero-order valence-electron chi connectivity index (χ0n) is 12.0. The molecule has 1 N–H and O–H groups in total. The Labute approximate surface area is 110 Å². The summed E-state index contributed by atoms with van der Waals surface area (Å²) in [6.07, 6.45) is 6.50. The second-order valence-corrected chi connectivity index (χ2v) is 5.23. The lowest BCUT2D eigenvalue weighted by Gasteiger charge is -2.38. The topological polar surface area (TPSA) is 47.6 Å². The molecule has 0 unspecified atom stereocenters. The summed E-state index contributed by atoms with van der Waals surface area (Å²) in [4.78, 5) is 12.0. The van der Waals surface area contributed by atoms with E-state index >= 15 is 0 Å². The van der Waals surface area contributed by atoms with Gasteiger partial charge in [0.25, 0.3) is 0 Å². The standard InChI is InChI=1S/C14H27NO3/c1-4-5-12-6-8-14(9-7-12,13(16)18-3)15-10-11-17-2/h12,15H,4-11H2,1-3H3. The zero-order chi connectivity index (χ0) is 13.4. The minimum Gasteiger partial charge on any atom is -0.468 e. The average molecular weight is 257 g/mol. The van der Waals surface area contributed by atoms with Crippen LogP contribution in [0.4, 0.5) is 0 Å². The van der Waals surface area contributed by atoms with Crippen LogP contribution in [0, 0.1) is 5.92 Å². The van der Waals surface area contributed by atoms with Gasteiger partial charge < -0.3 is 9.47 Å². The van der Waals surface area contributed by atoms with E-state index in [4.69, 9.17) is 9.47 Å². The van der Waals surface area contributed by atoms with Crippen LogP contribution in [0.25, 0.3) is 0 Å². The Morgan fingerprint density at radius 3 is 2.50 bits per heavy atom. The molecule has 1 aliphatic carbocycles. The molecule has 0 amide bonds. The SMILES string of the molecule is CCCC1CCC(NCCOC)(C(=O)OC)CC1. The second kappa shape index (κ2) is 7.74. The van der Waals surface area contributed by atoms with Crippen LogP contribution in [0.5, 0.6) is 0 Å². The summed E-state index contributed by atoms with van der Waals surface area (Å²) in [6, 6.07) is 0. The highest BCUT2D eigenvalue weighted by molar-refractivity contribution is 5.80. The summed E-state index contributed by atoms with van der Waals surface area (Å²) in [5.41, 5.74) is -0.475. The van der Waals surface area contributed by atoms with Gasteiger partial charge in [-0.15, -0.1) is 0 Å². The normalized spacial score (nSPS) is 28.1. The van der Waals surface area contributed by atoms with Gasteiger partial charge in [-0.3, -0.25) is 10.1 Å². The van der Waals surface area contributed by atoms with Crippen molar-refractivity contribution in [3.8, 4) is 0 Å². The lowest BCUT2D eigenvalue weighted by atomic mass is 9.75. The quantitative estimate of drug-likeness (QED) is 0.560. The Bertz CT molecular complexity index is 247. The highest BCUT2D eigenvalue weighted by Crippen LogP contribution is 2.35. The molecule has 0 aromatic carbocycles. The molecule has 1 fully saturated rings. The zero-order valence-corrected chi connectivity index (χ0v) is 12.0. The Balaban J connectivity index is 2.55. The van der Waals surface area contributed by atoms with E-state index in [1.807, 2.05) is 0 Å². The highest BCUT2D eigenvalue weighted by Gasteiger charge is 2.42. The van der Waals surface area contributed by atoms with Crippen molar-refractivity contribution in [2.24, 2.45) is 5.92 Å². The molecule has 1 aliphatic rings. The Kier molecular flexibility index (Phi) is 6.65. The molecule has 4 heteroatoms. The van der Waals surface area contributed by atoms with E-state index in [0.717, 1.165) is 31.6 Å². The predicted molar refractivity (Wildman–Crippen MR) is 71.5 cm³/mol. The van der Waals surface area contributed by atoms with Crippen molar-refractivity contribution in [3.63, 3.8) is 0 Å².